The Morgan fingerprint density at radius 3 is 2.97 bits per heavy atom. The lowest BCUT2D eigenvalue weighted by Gasteiger charge is -2.16. The smallest absolute Gasteiger partial charge is 0.263 e. The average Bonchev–Trinajstić information content (AvgIpc) is 3.24. The summed E-state index contributed by atoms with van der Waals surface area (Å²) in [5.41, 5.74) is 0.233. The second-order valence-corrected chi connectivity index (χ2v) is 7.58. The van der Waals surface area contributed by atoms with Crippen LogP contribution < -0.4 is 10.9 Å². The van der Waals surface area contributed by atoms with Crippen molar-refractivity contribution in [3.05, 3.63) is 58.8 Å². The second-order valence-electron chi connectivity index (χ2n) is 6.64. The number of anilines is 1. The number of para-hydroxylation sites is 1. The molecule has 1 aliphatic heterocycles. The number of halogens is 1. The lowest BCUT2D eigenvalue weighted by Crippen LogP contribution is -2.29. The number of thioether (sulfide) groups is 1. The zero-order valence-electron chi connectivity index (χ0n) is 15.5. The van der Waals surface area contributed by atoms with Crippen molar-refractivity contribution in [2.75, 3.05) is 17.7 Å². The van der Waals surface area contributed by atoms with Gasteiger partial charge >= 0.3 is 0 Å². The molecule has 0 aliphatic carbocycles. The van der Waals surface area contributed by atoms with Crippen molar-refractivity contribution >= 4 is 34.4 Å². The van der Waals surface area contributed by atoms with Gasteiger partial charge in [-0.1, -0.05) is 23.9 Å². The van der Waals surface area contributed by atoms with Gasteiger partial charge in [-0.2, -0.15) is 0 Å². The fourth-order valence-corrected chi connectivity index (χ4v) is 3.98. The first-order chi connectivity index (χ1) is 14.1. The molecule has 1 saturated heterocycles. The molecule has 3 heterocycles. The molecule has 4 rings (SSSR count). The summed E-state index contributed by atoms with van der Waals surface area (Å²) in [5, 5.41) is 3.35. The lowest BCUT2D eigenvalue weighted by molar-refractivity contribution is -0.113. The normalized spacial score (nSPS) is 16.2. The number of nitrogens with one attached hydrogen (secondary N) is 1. The van der Waals surface area contributed by atoms with E-state index in [2.05, 4.69) is 15.3 Å². The van der Waals surface area contributed by atoms with E-state index in [1.54, 1.807) is 35.0 Å². The molecule has 2 aromatic heterocycles. The summed E-state index contributed by atoms with van der Waals surface area (Å²) in [7, 11) is 0. The van der Waals surface area contributed by atoms with Crippen LogP contribution in [0.3, 0.4) is 0 Å². The first kappa shape index (κ1) is 19.5. The third kappa shape index (κ3) is 4.46. The minimum atomic E-state index is -0.505. The molecule has 1 amide bonds. The Hall–Kier alpha value is -2.78. The highest BCUT2D eigenvalue weighted by molar-refractivity contribution is 7.99. The number of nitrogens with zero attached hydrogens (tertiary/aromatic N) is 3. The molecule has 9 heteroatoms. The SMILES string of the molecule is O=C(CSc1nc2ncccc2c(=O)n1CC1CCCO1)Nc1ccccc1F. The average molecular weight is 414 g/mol. The van der Waals surface area contributed by atoms with E-state index in [4.69, 9.17) is 4.74 Å². The number of ether oxygens (including phenoxy) is 1. The van der Waals surface area contributed by atoms with Gasteiger partial charge in [0.25, 0.3) is 5.56 Å². The number of aromatic nitrogens is 3. The first-order valence-corrected chi connectivity index (χ1v) is 10.2. The van der Waals surface area contributed by atoms with E-state index in [0.29, 0.717) is 29.3 Å². The van der Waals surface area contributed by atoms with Crippen molar-refractivity contribution in [3.63, 3.8) is 0 Å². The fourth-order valence-electron chi connectivity index (χ4n) is 3.18. The number of hydrogen-bond acceptors (Lipinski definition) is 6. The number of fused-ring (bicyclic) bond motifs is 1. The van der Waals surface area contributed by atoms with Gasteiger partial charge in [-0.3, -0.25) is 14.2 Å². The molecule has 1 aromatic carbocycles. The van der Waals surface area contributed by atoms with Gasteiger partial charge in [-0.05, 0) is 37.1 Å². The molecule has 0 saturated carbocycles. The molecule has 0 bridgehead atoms. The van der Waals surface area contributed by atoms with E-state index in [-0.39, 0.29) is 29.0 Å². The highest BCUT2D eigenvalue weighted by atomic mass is 32.2. The van der Waals surface area contributed by atoms with E-state index in [0.717, 1.165) is 24.6 Å². The molecular weight excluding hydrogens is 395 g/mol. The van der Waals surface area contributed by atoms with Crippen molar-refractivity contribution < 1.29 is 13.9 Å². The van der Waals surface area contributed by atoms with E-state index >= 15 is 0 Å². The highest BCUT2D eigenvalue weighted by Crippen LogP contribution is 2.21. The molecule has 3 aromatic rings. The zero-order chi connectivity index (χ0) is 20.2. The van der Waals surface area contributed by atoms with Crippen LogP contribution in [0, 0.1) is 5.82 Å². The number of amides is 1. The van der Waals surface area contributed by atoms with E-state index in [9.17, 15) is 14.0 Å². The summed E-state index contributed by atoms with van der Waals surface area (Å²) in [5.74, 6) is -0.918. The van der Waals surface area contributed by atoms with Crippen LogP contribution >= 0.6 is 11.8 Å². The molecule has 1 N–H and O–H groups in total. The molecule has 1 unspecified atom stereocenters. The topological polar surface area (TPSA) is 86.1 Å². The summed E-state index contributed by atoms with van der Waals surface area (Å²) in [6.07, 6.45) is 3.33. The van der Waals surface area contributed by atoms with Gasteiger partial charge in [0.15, 0.2) is 10.8 Å². The predicted molar refractivity (Wildman–Crippen MR) is 109 cm³/mol. The van der Waals surface area contributed by atoms with E-state index in [1.807, 2.05) is 0 Å². The van der Waals surface area contributed by atoms with Crippen LogP contribution in [0.5, 0.6) is 0 Å². The Bertz CT molecular complexity index is 1100. The number of benzene rings is 1. The second kappa shape index (κ2) is 8.71. The van der Waals surface area contributed by atoms with Crippen LogP contribution in [0.4, 0.5) is 10.1 Å². The van der Waals surface area contributed by atoms with Crippen LogP contribution in [-0.4, -0.2) is 38.9 Å². The highest BCUT2D eigenvalue weighted by Gasteiger charge is 2.21. The molecular formula is C20H19FN4O3S. The third-order valence-corrected chi connectivity index (χ3v) is 5.56. The Balaban J connectivity index is 1.57. The van der Waals surface area contributed by atoms with Gasteiger partial charge < -0.3 is 10.1 Å². The minimum Gasteiger partial charge on any atom is -0.376 e. The van der Waals surface area contributed by atoms with Gasteiger partial charge in [0.2, 0.25) is 5.91 Å². The number of hydrogen-bond donors (Lipinski definition) is 1. The van der Waals surface area contributed by atoms with E-state index < -0.39 is 5.82 Å². The fraction of sp³-hybridized carbons (Fsp3) is 0.300. The van der Waals surface area contributed by atoms with Crippen molar-refractivity contribution in [2.24, 2.45) is 0 Å². The molecule has 7 nitrogen and oxygen atoms in total. The predicted octanol–water partition coefficient (Wildman–Crippen LogP) is 2.84. The quantitative estimate of drug-likeness (QED) is 0.493. The summed E-state index contributed by atoms with van der Waals surface area (Å²) in [4.78, 5) is 33.9. The molecule has 29 heavy (non-hydrogen) atoms. The van der Waals surface area contributed by atoms with Crippen LogP contribution in [0.1, 0.15) is 12.8 Å². The molecule has 1 atom stereocenters. The number of rotatable bonds is 6. The third-order valence-electron chi connectivity index (χ3n) is 4.59. The van der Waals surface area contributed by atoms with Crippen LogP contribution in [-0.2, 0) is 16.1 Å². The minimum absolute atomic E-state index is 0.0232. The molecule has 1 aliphatic rings. The standard InChI is InChI=1S/C20H19FN4O3S/c21-15-7-1-2-8-16(15)23-17(26)12-29-20-24-18-14(6-3-9-22-18)19(27)25(20)11-13-5-4-10-28-13/h1-3,6-9,13H,4-5,10-12H2,(H,23,26). The lowest BCUT2D eigenvalue weighted by atomic mass is 10.2. The van der Waals surface area contributed by atoms with Gasteiger partial charge in [-0.15, -0.1) is 0 Å². The monoisotopic (exact) mass is 414 g/mol. The van der Waals surface area contributed by atoms with Crippen LogP contribution in [0.2, 0.25) is 0 Å². The van der Waals surface area contributed by atoms with Crippen molar-refractivity contribution in [3.8, 4) is 0 Å². The van der Waals surface area contributed by atoms with Crippen LogP contribution in [0.25, 0.3) is 11.0 Å². The summed E-state index contributed by atoms with van der Waals surface area (Å²) >= 11 is 1.11. The summed E-state index contributed by atoms with van der Waals surface area (Å²) in [6, 6.07) is 9.33. The van der Waals surface area contributed by atoms with E-state index in [1.165, 1.54) is 12.1 Å². The Morgan fingerprint density at radius 2 is 2.17 bits per heavy atom. The summed E-state index contributed by atoms with van der Waals surface area (Å²) in [6.45, 7) is 1.05. The van der Waals surface area contributed by atoms with Gasteiger partial charge in [0.05, 0.1) is 29.5 Å². The van der Waals surface area contributed by atoms with Gasteiger partial charge in [0, 0.05) is 12.8 Å². The first-order valence-electron chi connectivity index (χ1n) is 9.26. The summed E-state index contributed by atoms with van der Waals surface area (Å²) < 4.78 is 20.9. The van der Waals surface area contributed by atoms with Crippen molar-refractivity contribution in [1.82, 2.24) is 14.5 Å². The van der Waals surface area contributed by atoms with Crippen LogP contribution in [0.15, 0.2) is 52.5 Å². The number of carbonyl (C=O) groups is 1. The molecule has 0 radical (unpaired) electrons. The Morgan fingerprint density at radius 1 is 1.31 bits per heavy atom. The maximum absolute atomic E-state index is 13.7. The maximum atomic E-state index is 13.7. The number of carbonyl (C=O) groups excluding carboxylic acids is 1. The zero-order valence-corrected chi connectivity index (χ0v) is 16.3. The Kier molecular flexibility index (Phi) is 5.86. The Labute approximate surface area is 170 Å². The molecule has 150 valence electrons. The van der Waals surface area contributed by atoms with Crippen molar-refractivity contribution in [2.45, 2.75) is 30.6 Å². The molecule has 1 fully saturated rings. The van der Waals surface area contributed by atoms with Crippen molar-refractivity contribution in [1.29, 1.82) is 0 Å². The number of pyridine rings is 1. The molecule has 0 spiro atoms. The largest absolute Gasteiger partial charge is 0.376 e. The van der Waals surface area contributed by atoms with Gasteiger partial charge in [0.1, 0.15) is 5.82 Å². The van der Waals surface area contributed by atoms with Gasteiger partial charge in [-0.25, -0.2) is 14.4 Å². The maximum Gasteiger partial charge on any atom is 0.263 e.